The van der Waals surface area contributed by atoms with E-state index in [9.17, 15) is 13.2 Å². The highest BCUT2D eigenvalue weighted by Crippen LogP contribution is 2.19. The Kier molecular flexibility index (Phi) is 5.99. The first-order chi connectivity index (χ1) is 12.3. The number of rotatable bonds is 7. The maximum atomic E-state index is 12.3. The molecule has 8 nitrogen and oxygen atoms in total. The number of likely N-dealkylation sites (tertiary alicyclic amines) is 2. The third kappa shape index (κ3) is 4.83. The Morgan fingerprint density at radius 1 is 1.27 bits per heavy atom. The van der Waals surface area contributed by atoms with Crippen LogP contribution in [0.1, 0.15) is 24.8 Å². The van der Waals surface area contributed by atoms with Gasteiger partial charge in [0.1, 0.15) is 6.54 Å². The molecule has 0 spiro atoms. The predicted molar refractivity (Wildman–Crippen MR) is 99.2 cm³/mol. The number of amides is 1. The van der Waals surface area contributed by atoms with Crippen molar-refractivity contribution in [3.05, 3.63) is 18.0 Å². The van der Waals surface area contributed by atoms with Gasteiger partial charge in [-0.15, -0.1) is 0 Å². The SMILES string of the molecule is Cc1cnn(CC(=O)N2CC(N(CCN3CCCCC3)S(C)(=O)=O)C2)c1. The molecule has 2 fully saturated rings. The summed E-state index contributed by atoms with van der Waals surface area (Å²) < 4.78 is 27.6. The van der Waals surface area contributed by atoms with Crippen molar-refractivity contribution in [2.24, 2.45) is 0 Å². The molecule has 26 heavy (non-hydrogen) atoms. The van der Waals surface area contributed by atoms with Crippen LogP contribution >= 0.6 is 0 Å². The Hall–Kier alpha value is -1.45. The van der Waals surface area contributed by atoms with Crippen LogP contribution in [0.25, 0.3) is 0 Å². The largest absolute Gasteiger partial charge is 0.338 e. The van der Waals surface area contributed by atoms with Crippen LogP contribution < -0.4 is 0 Å². The summed E-state index contributed by atoms with van der Waals surface area (Å²) in [5.74, 6) is -0.0196. The fraction of sp³-hybridized carbons (Fsp3) is 0.765. The van der Waals surface area contributed by atoms with Crippen molar-refractivity contribution in [2.75, 3.05) is 45.5 Å². The fourth-order valence-electron chi connectivity index (χ4n) is 3.68. The molecule has 9 heteroatoms. The monoisotopic (exact) mass is 383 g/mol. The Bertz CT molecular complexity index is 721. The fourth-order valence-corrected chi connectivity index (χ4v) is 4.76. The number of aromatic nitrogens is 2. The lowest BCUT2D eigenvalue weighted by Crippen LogP contribution is -2.63. The van der Waals surface area contributed by atoms with Gasteiger partial charge in [-0.2, -0.15) is 9.40 Å². The molecule has 2 aliphatic rings. The number of aryl methyl sites for hydroxylation is 1. The minimum absolute atomic E-state index is 0.0196. The van der Waals surface area contributed by atoms with Gasteiger partial charge in [0.05, 0.1) is 18.5 Å². The van der Waals surface area contributed by atoms with Crippen LogP contribution in [0.5, 0.6) is 0 Å². The number of carbonyl (C=O) groups is 1. The van der Waals surface area contributed by atoms with Crippen LogP contribution in [0, 0.1) is 6.92 Å². The van der Waals surface area contributed by atoms with Crippen molar-refractivity contribution in [3.63, 3.8) is 0 Å². The maximum absolute atomic E-state index is 12.3. The van der Waals surface area contributed by atoms with Crippen LogP contribution in [0.2, 0.25) is 0 Å². The summed E-state index contributed by atoms with van der Waals surface area (Å²) in [6.45, 7) is 6.44. The van der Waals surface area contributed by atoms with Gasteiger partial charge in [0.2, 0.25) is 15.9 Å². The van der Waals surface area contributed by atoms with Gasteiger partial charge in [-0.3, -0.25) is 9.48 Å². The van der Waals surface area contributed by atoms with Gasteiger partial charge >= 0.3 is 0 Å². The maximum Gasteiger partial charge on any atom is 0.244 e. The molecule has 0 aromatic carbocycles. The van der Waals surface area contributed by atoms with Crippen LogP contribution in [-0.4, -0.2) is 89.8 Å². The van der Waals surface area contributed by atoms with E-state index in [1.54, 1.807) is 20.1 Å². The zero-order chi connectivity index (χ0) is 18.7. The Morgan fingerprint density at radius 3 is 2.54 bits per heavy atom. The molecule has 0 N–H and O–H groups in total. The standard InChI is InChI=1S/C17H29N5O3S/c1-15-10-18-21(11-15)14-17(23)20-12-16(13-20)22(26(2,24)25)9-8-19-6-4-3-5-7-19/h10-11,16H,3-9,12-14H2,1-2H3. The van der Waals surface area contributed by atoms with E-state index in [1.165, 1.54) is 25.5 Å². The molecule has 3 rings (SSSR count). The van der Waals surface area contributed by atoms with E-state index in [0.717, 1.165) is 25.2 Å². The van der Waals surface area contributed by atoms with E-state index >= 15 is 0 Å². The summed E-state index contributed by atoms with van der Waals surface area (Å²) in [5.41, 5.74) is 1.01. The van der Waals surface area contributed by atoms with E-state index < -0.39 is 10.0 Å². The molecule has 1 aromatic rings. The van der Waals surface area contributed by atoms with E-state index in [4.69, 9.17) is 0 Å². The lowest BCUT2D eigenvalue weighted by molar-refractivity contribution is -0.138. The molecule has 2 aliphatic heterocycles. The quantitative estimate of drug-likeness (QED) is 0.670. The van der Waals surface area contributed by atoms with Crippen LogP contribution in [-0.2, 0) is 21.4 Å². The minimum Gasteiger partial charge on any atom is -0.338 e. The molecule has 146 valence electrons. The molecule has 3 heterocycles. The van der Waals surface area contributed by atoms with E-state index in [2.05, 4.69) is 10.00 Å². The molecule has 2 saturated heterocycles. The van der Waals surface area contributed by atoms with Crippen molar-refractivity contribution < 1.29 is 13.2 Å². The topological polar surface area (TPSA) is 78.8 Å². The molecule has 0 saturated carbocycles. The third-order valence-corrected chi connectivity index (χ3v) is 6.53. The van der Waals surface area contributed by atoms with Gasteiger partial charge in [-0.1, -0.05) is 6.42 Å². The average molecular weight is 384 g/mol. The normalized spacial score (nSPS) is 19.7. The molecule has 0 atom stereocenters. The summed E-state index contributed by atoms with van der Waals surface area (Å²) in [6, 6.07) is -0.113. The number of sulfonamides is 1. The molecule has 0 unspecified atom stereocenters. The Morgan fingerprint density at radius 2 is 1.96 bits per heavy atom. The molecular formula is C17H29N5O3S. The van der Waals surface area contributed by atoms with Gasteiger partial charge < -0.3 is 9.80 Å². The second-order valence-corrected chi connectivity index (χ2v) is 9.38. The summed E-state index contributed by atoms with van der Waals surface area (Å²) in [7, 11) is -3.28. The van der Waals surface area contributed by atoms with Crippen LogP contribution in [0.4, 0.5) is 0 Å². The van der Waals surface area contributed by atoms with Gasteiger partial charge in [-0.25, -0.2) is 8.42 Å². The molecule has 0 radical (unpaired) electrons. The van der Waals surface area contributed by atoms with E-state index in [-0.39, 0.29) is 18.5 Å². The minimum atomic E-state index is -3.28. The van der Waals surface area contributed by atoms with Gasteiger partial charge in [-0.05, 0) is 38.4 Å². The van der Waals surface area contributed by atoms with Gasteiger partial charge in [0.25, 0.3) is 0 Å². The highest BCUT2D eigenvalue weighted by Gasteiger charge is 2.38. The summed E-state index contributed by atoms with van der Waals surface area (Å²) in [5, 5.41) is 4.13. The first-order valence-corrected chi connectivity index (χ1v) is 11.1. The van der Waals surface area contributed by atoms with E-state index in [0.29, 0.717) is 19.6 Å². The summed E-state index contributed by atoms with van der Waals surface area (Å²) in [6.07, 6.45) is 8.46. The van der Waals surface area contributed by atoms with Gasteiger partial charge in [0, 0.05) is 32.4 Å². The summed E-state index contributed by atoms with van der Waals surface area (Å²) in [4.78, 5) is 16.4. The number of piperidine rings is 1. The Labute approximate surface area is 155 Å². The average Bonchev–Trinajstić information content (AvgIpc) is 2.94. The van der Waals surface area contributed by atoms with E-state index in [1.807, 2.05) is 13.1 Å². The molecule has 0 bridgehead atoms. The molecule has 1 aromatic heterocycles. The molecule has 0 aliphatic carbocycles. The smallest absolute Gasteiger partial charge is 0.244 e. The zero-order valence-electron chi connectivity index (χ0n) is 15.7. The second-order valence-electron chi connectivity index (χ2n) is 7.44. The van der Waals surface area contributed by atoms with Crippen molar-refractivity contribution in [2.45, 2.75) is 38.8 Å². The third-order valence-electron chi connectivity index (χ3n) is 5.19. The zero-order valence-corrected chi connectivity index (χ0v) is 16.5. The first kappa shape index (κ1) is 19.3. The van der Waals surface area contributed by atoms with Crippen molar-refractivity contribution in [3.8, 4) is 0 Å². The summed E-state index contributed by atoms with van der Waals surface area (Å²) >= 11 is 0. The Balaban J connectivity index is 1.50. The lowest BCUT2D eigenvalue weighted by Gasteiger charge is -2.44. The van der Waals surface area contributed by atoms with Crippen LogP contribution in [0.3, 0.4) is 0 Å². The molecular weight excluding hydrogens is 354 g/mol. The lowest BCUT2D eigenvalue weighted by atomic mass is 10.1. The predicted octanol–water partition coefficient (Wildman–Crippen LogP) is 0.150. The van der Waals surface area contributed by atoms with Crippen LogP contribution in [0.15, 0.2) is 12.4 Å². The second kappa shape index (κ2) is 8.06. The highest BCUT2D eigenvalue weighted by atomic mass is 32.2. The molecule has 1 amide bonds. The van der Waals surface area contributed by atoms with Crippen molar-refractivity contribution >= 4 is 15.9 Å². The first-order valence-electron chi connectivity index (χ1n) is 9.29. The van der Waals surface area contributed by atoms with Gasteiger partial charge in [0.15, 0.2) is 0 Å². The number of nitrogens with zero attached hydrogens (tertiary/aromatic N) is 5. The highest BCUT2D eigenvalue weighted by molar-refractivity contribution is 7.88. The number of hydrogen-bond donors (Lipinski definition) is 0. The van der Waals surface area contributed by atoms with Crippen molar-refractivity contribution in [1.82, 2.24) is 23.9 Å². The number of hydrogen-bond acceptors (Lipinski definition) is 5. The number of carbonyl (C=O) groups excluding carboxylic acids is 1. The van der Waals surface area contributed by atoms with Crippen molar-refractivity contribution in [1.29, 1.82) is 0 Å².